The van der Waals surface area contributed by atoms with Crippen molar-refractivity contribution >= 4 is 130 Å². The van der Waals surface area contributed by atoms with E-state index in [4.69, 9.17) is 8.83 Å². The molecule has 0 saturated carbocycles. The molecule has 0 radical (unpaired) electrons. The summed E-state index contributed by atoms with van der Waals surface area (Å²) in [7, 11) is 0. The number of hydrogen-bond acceptors (Lipinski definition) is 2. The van der Waals surface area contributed by atoms with E-state index in [1.54, 1.807) is 0 Å². The van der Waals surface area contributed by atoms with Crippen LogP contribution in [0.3, 0.4) is 0 Å². The molecule has 22 aromatic rings. The van der Waals surface area contributed by atoms with Crippen LogP contribution in [0.1, 0.15) is 63.8 Å². The van der Waals surface area contributed by atoms with Crippen LogP contribution >= 0.6 is 0 Å². The van der Waals surface area contributed by atoms with Crippen molar-refractivity contribution in [3.63, 3.8) is 0 Å². The maximum Gasteiger partial charge on any atom is 0.143 e. The number of fused-ring (bicyclic) bond motifs is 14. The van der Waals surface area contributed by atoms with E-state index in [0.717, 1.165) is 55.0 Å². The molecule has 116 heavy (non-hydrogen) atoms. The highest BCUT2D eigenvalue weighted by molar-refractivity contribution is 6.31. The van der Waals surface area contributed by atoms with Gasteiger partial charge >= 0.3 is 0 Å². The molecule has 2 nitrogen and oxygen atoms in total. The second kappa shape index (κ2) is 27.4. The van der Waals surface area contributed by atoms with Gasteiger partial charge in [0.2, 0.25) is 0 Å². The number of benzene rings is 20. The summed E-state index contributed by atoms with van der Waals surface area (Å²) in [5.41, 5.74) is 28.5. The maximum atomic E-state index is 7.12. The molecule has 0 bridgehead atoms. The average molecular weight is 1490 g/mol. The maximum absolute atomic E-state index is 7.12. The van der Waals surface area contributed by atoms with Crippen LogP contribution in [0, 0.1) is 13.8 Å². The average Bonchev–Trinajstić information content (AvgIpc) is 1.50. The Labute approximate surface area is 675 Å². The van der Waals surface area contributed by atoms with Gasteiger partial charge in [0.15, 0.2) is 0 Å². The molecule has 0 saturated heterocycles. The molecule has 2 heterocycles. The van der Waals surface area contributed by atoms with E-state index in [0.29, 0.717) is 0 Å². The van der Waals surface area contributed by atoms with Crippen molar-refractivity contribution in [3.05, 3.63) is 386 Å². The fraction of sp³-hybridized carbons (Fsp3) is 0.0877. The molecular weight excluding hydrogens is 1400 g/mol. The van der Waals surface area contributed by atoms with Gasteiger partial charge in [0.1, 0.15) is 22.3 Å². The second-order valence-corrected chi connectivity index (χ2v) is 33.6. The molecule has 0 aliphatic carbocycles. The summed E-state index contributed by atoms with van der Waals surface area (Å²) >= 11 is 0. The topological polar surface area (TPSA) is 26.3 Å². The van der Waals surface area contributed by atoms with Crippen LogP contribution in [0.25, 0.3) is 219 Å². The van der Waals surface area contributed by atoms with Crippen molar-refractivity contribution in [2.24, 2.45) is 0 Å². The van der Waals surface area contributed by atoms with Crippen LogP contribution < -0.4 is 0 Å². The lowest BCUT2D eigenvalue weighted by Gasteiger charge is -2.27. The minimum Gasteiger partial charge on any atom is -0.455 e. The molecule has 0 N–H and O–H groups in total. The first-order valence-electron chi connectivity index (χ1n) is 40.7. The quantitative estimate of drug-likeness (QED) is 0.142. The van der Waals surface area contributed by atoms with Gasteiger partial charge in [-0.1, -0.05) is 393 Å². The zero-order valence-electron chi connectivity index (χ0n) is 66.5. The summed E-state index contributed by atoms with van der Waals surface area (Å²) in [6.45, 7) is 18.4. The molecule has 2 heteroatoms. The highest BCUT2D eigenvalue weighted by Gasteiger charge is 2.29. The van der Waals surface area contributed by atoms with E-state index in [1.165, 1.54) is 186 Å². The van der Waals surface area contributed by atoms with Gasteiger partial charge in [-0.05, 0) is 212 Å². The van der Waals surface area contributed by atoms with Crippen LogP contribution in [0.4, 0.5) is 0 Å². The Morgan fingerprint density at radius 3 is 0.716 bits per heavy atom. The first-order valence-corrected chi connectivity index (χ1v) is 40.7. The van der Waals surface area contributed by atoms with Gasteiger partial charge in [-0.15, -0.1) is 0 Å². The third kappa shape index (κ3) is 11.2. The lowest BCUT2D eigenvalue weighted by molar-refractivity contribution is 0.569. The van der Waals surface area contributed by atoms with Crippen molar-refractivity contribution in [1.82, 2.24) is 0 Å². The summed E-state index contributed by atoms with van der Waals surface area (Å²) in [4.78, 5) is 0. The van der Waals surface area contributed by atoms with Gasteiger partial charge in [0.25, 0.3) is 0 Å². The molecule has 0 fully saturated rings. The summed E-state index contributed by atoms with van der Waals surface area (Å²) in [6, 6.07) is 133. The van der Waals surface area contributed by atoms with Gasteiger partial charge in [-0.25, -0.2) is 0 Å². The van der Waals surface area contributed by atoms with Gasteiger partial charge in [0.05, 0.1) is 0 Å². The third-order valence-corrected chi connectivity index (χ3v) is 24.7. The summed E-state index contributed by atoms with van der Waals surface area (Å²) < 4.78 is 14.2. The Morgan fingerprint density at radius 2 is 0.414 bits per heavy atom. The summed E-state index contributed by atoms with van der Waals surface area (Å²) in [5.74, 6) is 0. The molecule has 0 amide bonds. The van der Waals surface area contributed by atoms with E-state index in [1.807, 2.05) is 0 Å². The second-order valence-electron chi connectivity index (χ2n) is 33.6. The van der Waals surface area contributed by atoms with Crippen LogP contribution in [0.5, 0.6) is 0 Å². The minimum atomic E-state index is 0.000896. The molecule has 0 spiro atoms. The largest absolute Gasteiger partial charge is 0.455 e. The number of hydrogen-bond donors (Lipinski definition) is 0. The van der Waals surface area contributed by atoms with E-state index in [2.05, 4.69) is 419 Å². The Morgan fingerprint density at radius 1 is 0.181 bits per heavy atom. The fourth-order valence-corrected chi connectivity index (χ4v) is 19.4. The van der Waals surface area contributed by atoms with Crippen LogP contribution in [0.2, 0.25) is 0 Å². The van der Waals surface area contributed by atoms with Gasteiger partial charge in [-0.3, -0.25) is 0 Å². The van der Waals surface area contributed by atoms with Crippen LogP contribution in [-0.2, 0) is 10.8 Å². The number of aryl methyl sites for hydroxylation is 2. The highest BCUT2D eigenvalue weighted by Crippen LogP contribution is 2.55. The minimum absolute atomic E-state index is 0.000896. The Kier molecular flexibility index (Phi) is 16.6. The lowest BCUT2D eigenvalue weighted by Crippen LogP contribution is -2.16. The van der Waals surface area contributed by atoms with Crippen molar-refractivity contribution < 1.29 is 8.83 Å². The van der Waals surface area contributed by atoms with Crippen molar-refractivity contribution in [1.29, 1.82) is 0 Å². The zero-order chi connectivity index (χ0) is 78.2. The number of para-hydroxylation sites is 2. The Hall–Kier alpha value is -13.9. The normalized spacial score (nSPS) is 12.1. The van der Waals surface area contributed by atoms with Crippen molar-refractivity contribution in [3.8, 4) is 89.0 Å². The Balaban J connectivity index is 0.000000146. The predicted octanol–water partition coefficient (Wildman–Crippen LogP) is 32.9. The molecule has 20 aromatic carbocycles. The smallest absolute Gasteiger partial charge is 0.143 e. The third-order valence-electron chi connectivity index (χ3n) is 24.7. The first-order chi connectivity index (χ1) is 56.7. The van der Waals surface area contributed by atoms with E-state index >= 15 is 0 Å². The molecule has 552 valence electrons. The molecular formula is C114H84O2. The molecule has 22 rings (SSSR count). The molecule has 0 unspecified atom stereocenters. The standard InChI is InChI=1S/C60H48O.C54H36O/c1-59(2,3)39-34-38(35-40(36-39)60(4,5)6)54-43-24-12-14-26-45(43)55(46-27-15-13-25-44(46)54)49-30-19-33-52-57(49)51-32-18-31-50(58(51)61-52)56-47-28-16-10-22-41(47)53(37-20-8-7-9-21-37)42-23-11-17-29-48(42)56;1-33-17-14-18-34(2)48(33)53-42-27-12-10-25-40(42)50(41-26-11-13-28-43(41)53)44-29-16-32-47-52(44)46-31-15-30-45(54(46)55-47)51-38-23-8-6-21-36(38)49(35-19-4-3-5-20-35)37-22-7-9-24-39(37)51/h7-36H,1-6H3;3-32H,1-2H3. The van der Waals surface area contributed by atoms with E-state index in [9.17, 15) is 0 Å². The number of furan rings is 2. The van der Waals surface area contributed by atoms with Gasteiger partial charge in [-0.2, -0.15) is 0 Å². The summed E-state index contributed by atoms with van der Waals surface area (Å²) in [5, 5.41) is 24.3. The number of rotatable bonds is 8. The molecule has 0 atom stereocenters. The van der Waals surface area contributed by atoms with Gasteiger partial charge < -0.3 is 8.83 Å². The summed E-state index contributed by atoms with van der Waals surface area (Å²) in [6.07, 6.45) is 0. The predicted molar refractivity (Wildman–Crippen MR) is 498 cm³/mol. The molecule has 0 aliphatic heterocycles. The Bertz CT molecular complexity index is 7500. The van der Waals surface area contributed by atoms with Crippen LogP contribution in [0.15, 0.2) is 373 Å². The first kappa shape index (κ1) is 70.0. The van der Waals surface area contributed by atoms with Gasteiger partial charge in [0, 0.05) is 43.8 Å². The van der Waals surface area contributed by atoms with E-state index < -0.39 is 0 Å². The molecule has 0 aliphatic rings. The zero-order valence-corrected chi connectivity index (χ0v) is 66.5. The van der Waals surface area contributed by atoms with Crippen LogP contribution in [-0.4, -0.2) is 0 Å². The van der Waals surface area contributed by atoms with Crippen molar-refractivity contribution in [2.75, 3.05) is 0 Å². The highest BCUT2D eigenvalue weighted by atomic mass is 16.3. The fourth-order valence-electron chi connectivity index (χ4n) is 19.4. The lowest BCUT2D eigenvalue weighted by atomic mass is 9.77. The van der Waals surface area contributed by atoms with E-state index in [-0.39, 0.29) is 10.8 Å². The van der Waals surface area contributed by atoms with Crippen molar-refractivity contribution in [2.45, 2.75) is 66.2 Å². The molecule has 2 aromatic heterocycles. The SMILES string of the molecule is CC(C)(C)c1cc(-c2c3ccccc3c(-c3cccc4oc5c(-c6c7ccccc7c(-c7ccccc7)c7ccccc67)cccc5c34)c3ccccc23)cc(C(C)(C)C)c1.Cc1cccc(C)c1-c1c2ccccc2c(-c2cccc3oc4c(-c5c6ccccc6c(-c6ccccc6)c6ccccc56)cccc4c23)c2ccccc12. The monoisotopic (exact) mass is 1480 g/mol.